The van der Waals surface area contributed by atoms with Crippen LogP contribution in [0.2, 0.25) is 0 Å². The summed E-state index contributed by atoms with van der Waals surface area (Å²) < 4.78 is 0. The van der Waals surface area contributed by atoms with E-state index in [1.54, 1.807) is 0 Å². The van der Waals surface area contributed by atoms with Crippen LogP contribution in [0.3, 0.4) is 0 Å². The maximum atomic E-state index is 14.9. The van der Waals surface area contributed by atoms with Crippen molar-refractivity contribution in [2.75, 3.05) is 51.6 Å². The smallest absolute Gasteiger partial charge is 0.322 e. The molecule has 0 aromatic rings. The topological polar surface area (TPSA) is 332 Å². The van der Waals surface area contributed by atoms with Crippen molar-refractivity contribution < 1.29 is 53.1 Å². The van der Waals surface area contributed by atoms with E-state index in [0.717, 1.165) is 0 Å². The summed E-state index contributed by atoms with van der Waals surface area (Å²) in [5.41, 5.74) is 9.04. The van der Waals surface area contributed by atoms with E-state index in [1.807, 2.05) is 13.8 Å². The Balaban J connectivity index is 1.13. The summed E-state index contributed by atoms with van der Waals surface area (Å²) in [5, 5.41) is 23.2. The maximum Gasteiger partial charge on any atom is 0.322 e. The van der Waals surface area contributed by atoms with Gasteiger partial charge < -0.3 is 62.3 Å². The molecule has 6 rings (SSSR count). The second-order valence-corrected chi connectivity index (χ2v) is 20.3. The van der Waals surface area contributed by atoms with Gasteiger partial charge in [0.15, 0.2) is 5.96 Å². The van der Waals surface area contributed by atoms with E-state index in [-0.39, 0.29) is 75.5 Å². The third-order valence-corrected chi connectivity index (χ3v) is 15.1. The summed E-state index contributed by atoms with van der Waals surface area (Å²) in [6.07, 6.45) is 4.17. The van der Waals surface area contributed by atoms with Crippen LogP contribution in [0.5, 0.6) is 0 Å². The molecular weight excluding hydrogens is 919 g/mol. The third kappa shape index (κ3) is 11.8. The van der Waals surface area contributed by atoms with Crippen molar-refractivity contribution >= 4 is 76.9 Å². The molecule has 6 fully saturated rings. The van der Waals surface area contributed by atoms with Crippen molar-refractivity contribution in [1.82, 2.24) is 51.1 Å². The highest BCUT2D eigenvalue weighted by atomic mass is 32.2. The SMILES string of the molecule is CC(=O)N1CCC[C@H]1C(=O)N[C@@H](CCCN=C(N)N)C(=O)N1CCC[C@H]1C(=O)N[C@@H](CC(C)C)C(=O)N1CCCC12CNC1SCC(C(=O)N[C@@H](C)C(=O)N3CCC[C@H]3C(=O)NCC(=O)O)N1C2=O. The number of carbonyl (C=O) groups excluding carboxylic acids is 9. The molecule has 10 N–H and O–H groups in total. The van der Waals surface area contributed by atoms with Gasteiger partial charge in [0, 0.05) is 51.9 Å². The molecule has 1 spiro atoms. The van der Waals surface area contributed by atoms with E-state index in [0.29, 0.717) is 57.9 Å². The summed E-state index contributed by atoms with van der Waals surface area (Å²) in [7, 11) is 0. The predicted octanol–water partition coefficient (Wildman–Crippen LogP) is -3.05. The first kappa shape index (κ1) is 52.6. The minimum Gasteiger partial charge on any atom is -0.480 e. The summed E-state index contributed by atoms with van der Waals surface area (Å²) >= 11 is 1.34. The zero-order valence-electron chi connectivity index (χ0n) is 39.9. The van der Waals surface area contributed by atoms with Crippen molar-refractivity contribution in [3.05, 3.63) is 0 Å². The fourth-order valence-electron chi connectivity index (χ4n) is 10.6. The van der Waals surface area contributed by atoms with Gasteiger partial charge in [0.1, 0.15) is 59.9 Å². The highest BCUT2D eigenvalue weighted by molar-refractivity contribution is 8.00. The van der Waals surface area contributed by atoms with Gasteiger partial charge in [0.05, 0.1) is 0 Å². The molecule has 3 unspecified atom stereocenters. The number of nitrogens with zero attached hydrogens (tertiary/aromatic N) is 6. The summed E-state index contributed by atoms with van der Waals surface area (Å²) in [6.45, 7) is 7.47. The number of nitrogens with two attached hydrogens (primary N) is 2. The number of thioether (sulfide) groups is 1. The van der Waals surface area contributed by atoms with Crippen LogP contribution in [0.25, 0.3) is 0 Å². The van der Waals surface area contributed by atoms with Crippen molar-refractivity contribution in [3.8, 4) is 0 Å². The molecule has 9 atom stereocenters. The molecule has 24 nitrogen and oxygen atoms in total. The number of aliphatic imine (C=N–C) groups is 1. The lowest BCUT2D eigenvalue weighted by Gasteiger charge is -2.47. The molecule has 25 heteroatoms. The van der Waals surface area contributed by atoms with Gasteiger partial charge in [-0.25, -0.2) is 0 Å². The van der Waals surface area contributed by atoms with Crippen LogP contribution in [0, 0.1) is 5.92 Å². The Labute approximate surface area is 405 Å². The summed E-state index contributed by atoms with van der Waals surface area (Å²) in [4.78, 5) is 147. The molecule has 69 heavy (non-hydrogen) atoms. The number of hydrogen-bond donors (Lipinski definition) is 8. The van der Waals surface area contributed by atoms with E-state index in [1.165, 1.54) is 50.1 Å². The normalized spacial score (nSPS) is 26.7. The largest absolute Gasteiger partial charge is 0.480 e. The van der Waals surface area contributed by atoms with E-state index < -0.39 is 113 Å². The average molecular weight is 988 g/mol. The fourth-order valence-corrected chi connectivity index (χ4v) is 11.9. The second kappa shape index (κ2) is 22.8. The Hall–Kier alpha value is -5.72. The van der Waals surface area contributed by atoms with Gasteiger partial charge >= 0.3 is 5.97 Å². The third-order valence-electron chi connectivity index (χ3n) is 13.9. The predicted molar refractivity (Wildman–Crippen MR) is 250 cm³/mol. The molecule has 0 radical (unpaired) electrons. The zero-order chi connectivity index (χ0) is 50.3. The van der Waals surface area contributed by atoms with E-state index >= 15 is 0 Å². The molecular formula is C44H69N13O11S. The van der Waals surface area contributed by atoms with Gasteiger partial charge in [-0.2, -0.15) is 0 Å². The van der Waals surface area contributed by atoms with Crippen molar-refractivity contribution in [2.45, 2.75) is 152 Å². The van der Waals surface area contributed by atoms with Gasteiger partial charge in [0.25, 0.3) is 5.91 Å². The molecule has 6 aliphatic rings. The zero-order valence-corrected chi connectivity index (χ0v) is 40.7. The maximum absolute atomic E-state index is 14.9. The second-order valence-electron chi connectivity index (χ2n) is 19.2. The number of carbonyl (C=O) groups is 10. The molecule has 6 heterocycles. The molecule has 382 valence electrons. The molecule has 6 aliphatic heterocycles. The van der Waals surface area contributed by atoms with E-state index in [4.69, 9.17) is 16.6 Å². The van der Waals surface area contributed by atoms with Crippen LogP contribution in [0.4, 0.5) is 0 Å². The van der Waals surface area contributed by atoms with Crippen LogP contribution in [0.1, 0.15) is 98.3 Å². The first-order valence-corrected chi connectivity index (χ1v) is 25.1. The Morgan fingerprint density at radius 2 is 1.35 bits per heavy atom. The van der Waals surface area contributed by atoms with Crippen LogP contribution in [-0.4, -0.2) is 200 Å². The molecule has 0 aliphatic carbocycles. The van der Waals surface area contributed by atoms with Crippen LogP contribution in [-0.2, 0) is 47.9 Å². The van der Waals surface area contributed by atoms with Gasteiger partial charge in [-0.15, -0.1) is 11.8 Å². The lowest BCUT2D eigenvalue weighted by Crippen LogP contribution is -2.73. The van der Waals surface area contributed by atoms with Crippen LogP contribution >= 0.6 is 11.8 Å². The monoisotopic (exact) mass is 987 g/mol. The highest BCUT2D eigenvalue weighted by Gasteiger charge is 2.59. The highest BCUT2D eigenvalue weighted by Crippen LogP contribution is 2.40. The Bertz CT molecular complexity index is 2060. The van der Waals surface area contributed by atoms with Gasteiger partial charge in [0.2, 0.25) is 47.3 Å². The molecule has 0 bridgehead atoms. The molecule has 9 amide bonds. The van der Waals surface area contributed by atoms with Gasteiger partial charge in [-0.1, -0.05) is 13.8 Å². The minimum absolute atomic E-state index is 0.0821. The molecule has 0 aromatic carbocycles. The lowest BCUT2D eigenvalue weighted by atomic mass is 9.90. The molecule has 0 saturated carbocycles. The number of fused-ring (bicyclic) bond motifs is 1. The van der Waals surface area contributed by atoms with Gasteiger partial charge in [-0.05, 0) is 83.5 Å². The lowest BCUT2D eigenvalue weighted by molar-refractivity contribution is -0.160. The molecule has 6 saturated heterocycles. The van der Waals surface area contributed by atoms with E-state index in [2.05, 4.69) is 31.6 Å². The first-order valence-electron chi connectivity index (χ1n) is 24.1. The standard InChI is InChI=1S/C44H69N13O11S/c1-24(2)20-28(52-36(63)31-13-8-18-55(31)39(66)27(10-5-15-47-42(45)46)51-35(62)30-12-6-16-53(30)26(4)58)40(67)56-19-9-14-44(56)23-49-43-57(41(44)68)32(22-69-43)37(64)50-25(3)38(65)54-17-7-11-29(54)34(61)48-21-33(59)60/h24-25,27-32,43,49H,5-23H2,1-4H3,(H,48,61)(H,50,64)(H,51,62)(H,52,63)(H,59,60)(H4,45,46,47)/t25-,27-,28-,29-,30-,31-,32?,43?,44?/m0/s1. The number of likely N-dealkylation sites (tertiary alicyclic amines) is 4. The number of carboxylic acid groups (broad SMARTS) is 1. The Kier molecular flexibility index (Phi) is 17.4. The average Bonchev–Trinajstić information content (AvgIpc) is 4.16. The fraction of sp³-hybridized carbons (Fsp3) is 0.750. The van der Waals surface area contributed by atoms with Crippen LogP contribution in [0.15, 0.2) is 4.99 Å². The summed E-state index contributed by atoms with van der Waals surface area (Å²) in [5.74, 6) is -5.62. The molecule has 0 aromatic heterocycles. The number of hydrogen-bond acceptors (Lipinski definition) is 13. The van der Waals surface area contributed by atoms with Crippen molar-refractivity contribution in [2.24, 2.45) is 22.4 Å². The summed E-state index contributed by atoms with van der Waals surface area (Å²) in [6, 6.07) is -6.82. The Morgan fingerprint density at radius 3 is 1.96 bits per heavy atom. The van der Waals surface area contributed by atoms with Crippen molar-refractivity contribution in [3.63, 3.8) is 0 Å². The minimum atomic E-state index is -1.39. The number of guanidine groups is 1. The number of aliphatic carboxylic acids is 1. The number of nitrogens with one attached hydrogen (secondary N) is 5. The quantitative estimate of drug-likeness (QED) is 0.0384. The van der Waals surface area contributed by atoms with Gasteiger partial charge in [-0.3, -0.25) is 58.3 Å². The Morgan fingerprint density at radius 1 is 0.768 bits per heavy atom. The van der Waals surface area contributed by atoms with Crippen LogP contribution < -0.4 is 38.1 Å². The number of amides is 9. The number of rotatable bonds is 18. The van der Waals surface area contributed by atoms with Crippen molar-refractivity contribution in [1.29, 1.82) is 0 Å². The number of carboxylic acids is 1. The van der Waals surface area contributed by atoms with E-state index in [9.17, 15) is 47.9 Å². The first-order chi connectivity index (χ1) is 32.7.